The van der Waals surface area contributed by atoms with Crippen LogP contribution in [0.4, 0.5) is 5.69 Å². The van der Waals surface area contributed by atoms with Crippen molar-refractivity contribution in [1.29, 1.82) is 0 Å². The zero-order chi connectivity index (χ0) is 24.4. The third-order valence-electron chi connectivity index (χ3n) is 6.56. The number of hydrogen-bond acceptors (Lipinski definition) is 9. The van der Waals surface area contributed by atoms with Crippen LogP contribution in [0.25, 0.3) is 22.8 Å². The smallest absolute Gasteiger partial charge is 0.259 e. The first-order chi connectivity index (χ1) is 16.9. The van der Waals surface area contributed by atoms with E-state index in [1.807, 2.05) is 20.8 Å². The Morgan fingerprint density at radius 3 is 2.60 bits per heavy atom. The minimum Gasteiger partial charge on any atom is -0.476 e. The zero-order valence-corrected chi connectivity index (χ0v) is 20.6. The normalized spacial score (nSPS) is 18.7. The lowest BCUT2D eigenvalue weighted by Gasteiger charge is -2.39. The Labute approximate surface area is 205 Å². The van der Waals surface area contributed by atoms with Crippen LogP contribution in [0.3, 0.4) is 0 Å². The van der Waals surface area contributed by atoms with Gasteiger partial charge in [0.25, 0.3) is 5.89 Å². The van der Waals surface area contributed by atoms with E-state index in [0.717, 1.165) is 37.9 Å². The molecule has 0 radical (unpaired) electrons. The maximum Gasteiger partial charge on any atom is 0.259 e. The summed E-state index contributed by atoms with van der Waals surface area (Å²) >= 11 is 0. The second kappa shape index (κ2) is 9.93. The molecule has 5 rings (SSSR count). The zero-order valence-electron chi connectivity index (χ0n) is 20.6. The molecule has 2 N–H and O–H groups in total. The first kappa shape index (κ1) is 23.7. The molecule has 186 valence electrons. The maximum absolute atomic E-state index is 6.09. The second-order valence-corrected chi connectivity index (χ2v) is 9.59. The molecule has 0 spiro atoms. The number of fused-ring (bicyclic) bond motifs is 1. The minimum absolute atomic E-state index is 0.288. The molecule has 0 aliphatic carbocycles. The Hall–Kier alpha value is -3.01. The summed E-state index contributed by atoms with van der Waals surface area (Å²) in [6, 6.07) is 8.46. The van der Waals surface area contributed by atoms with E-state index in [0.29, 0.717) is 48.7 Å². The van der Waals surface area contributed by atoms with E-state index in [4.69, 9.17) is 24.5 Å². The number of rotatable bonds is 6. The van der Waals surface area contributed by atoms with Gasteiger partial charge in [-0.15, -0.1) is 0 Å². The minimum atomic E-state index is -0.490. The van der Waals surface area contributed by atoms with E-state index in [2.05, 4.69) is 38.2 Å². The summed E-state index contributed by atoms with van der Waals surface area (Å²) < 4.78 is 22.9. The molecule has 35 heavy (non-hydrogen) atoms. The van der Waals surface area contributed by atoms with Gasteiger partial charge in [-0.2, -0.15) is 4.98 Å². The summed E-state index contributed by atoms with van der Waals surface area (Å²) in [6.07, 6.45) is 4.47. The number of pyridine rings is 1. The highest BCUT2D eigenvalue weighted by Crippen LogP contribution is 2.29. The molecule has 0 unspecified atom stereocenters. The van der Waals surface area contributed by atoms with Crippen molar-refractivity contribution < 1.29 is 18.7 Å². The third-order valence-corrected chi connectivity index (χ3v) is 6.56. The van der Waals surface area contributed by atoms with E-state index in [1.54, 1.807) is 12.3 Å². The summed E-state index contributed by atoms with van der Waals surface area (Å²) in [5, 5.41) is 4.21. The van der Waals surface area contributed by atoms with Gasteiger partial charge >= 0.3 is 0 Å². The standard InChI is InChI=1S/C26H33N5O4/c1-4-11-32-25-22(27)13-20(14-28-25)24-29-23(30-35-24)19-6-5-17-7-9-31(10-8-18(17)12-19)21-15-33-26(2,3)34-16-21/h5-6,12-14,21H,4,7-11,15-16,27H2,1-3H3. The predicted molar refractivity (Wildman–Crippen MR) is 132 cm³/mol. The number of nitrogens with two attached hydrogens (primary N) is 1. The molecule has 0 amide bonds. The Morgan fingerprint density at radius 2 is 1.86 bits per heavy atom. The molecule has 0 saturated carbocycles. The van der Waals surface area contributed by atoms with E-state index in [9.17, 15) is 0 Å². The van der Waals surface area contributed by atoms with Gasteiger partial charge in [-0.1, -0.05) is 24.2 Å². The van der Waals surface area contributed by atoms with Gasteiger partial charge in [-0.05, 0) is 56.4 Å². The quantitative estimate of drug-likeness (QED) is 0.566. The molecule has 2 aliphatic rings. The highest BCUT2D eigenvalue weighted by molar-refractivity contribution is 5.65. The fourth-order valence-electron chi connectivity index (χ4n) is 4.50. The molecular weight excluding hydrogens is 446 g/mol. The van der Waals surface area contributed by atoms with Crippen LogP contribution in [0.2, 0.25) is 0 Å². The lowest BCUT2D eigenvalue weighted by atomic mass is 10.00. The van der Waals surface area contributed by atoms with E-state index in [-0.39, 0.29) is 6.04 Å². The van der Waals surface area contributed by atoms with Gasteiger partial charge in [0.05, 0.1) is 37.1 Å². The average molecular weight is 480 g/mol. The van der Waals surface area contributed by atoms with Crippen molar-refractivity contribution in [2.75, 3.05) is 38.6 Å². The molecular formula is C26H33N5O4. The fourth-order valence-corrected chi connectivity index (χ4v) is 4.50. The number of nitrogen functional groups attached to an aromatic ring is 1. The van der Waals surface area contributed by atoms with Gasteiger partial charge in [-0.25, -0.2) is 4.98 Å². The fraction of sp³-hybridized carbons (Fsp3) is 0.500. The summed E-state index contributed by atoms with van der Waals surface area (Å²) in [5.41, 5.74) is 10.8. The molecule has 9 nitrogen and oxygen atoms in total. The van der Waals surface area contributed by atoms with Crippen molar-refractivity contribution >= 4 is 5.69 Å². The van der Waals surface area contributed by atoms with Crippen LogP contribution < -0.4 is 10.5 Å². The second-order valence-electron chi connectivity index (χ2n) is 9.59. The first-order valence-electron chi connectivity index (χ1n) is 12.3. The van der Waals surface area contributed by atoms with E-state index in [1.165, 1.54) is 11.1 Å². The van der Waals surface area contributed by atoms with E-state index < -0.39 is 5.79 Å². The van der Waals surface area contributed by atoms with Crippen molar-refractivity contribution in [3.63, 3.8) is 0 Å². The third kappa shape index (κ3) is 5.32. The van der Waals surface area contributed by atoms with Crippen molar-refractivity contribution in [2.45, 2.75) is 51.9 Å². The van der Waals surface area contributed by atoms with Gasteiger partial charge < -0.3 is 24.5 Å². The Kier molecular flexibility index (Phi) is 6.73. The number of anilines is 1. The molecule has 9 heteroatoms. The molecule has 1 saturated heterocycles. The summed E-state index contributed by atoms with van der Waals surface area (Å²) in [6.45, 7) is 9.88. The van der Waals surface area contributed by atoms with E-state index >= 15 is 0 Å². The summed E-state index contributed by atoms with van der Waals surface area (Å²) in [4.78, 5) is 11.4. The Bertz CT molecular complexity index is 1170. The molecule has 1 fully saturated rings. The molecule has 0 atom stereocenters. The maximum atomic E-state index is 6.09. The van der Waals surface area contributed by atoms with Crippen LogP contribution in [-0.2, 0) is 22.3 Å². The lowest BCUT2D eigenvalue weighted by Crippen LogP contribution is -2.51. The van der Waals surface area contributed by atoms with Gasteiger partial charge in [-0.3, -0.25) is 4.90 Å². The number of aromatic nitrogens is 3. The first-order valence-corrected chi connectivity index (χ1v) is 12.3. The number of ether oxygens (including phenoxy) is 3. The number of benzene rings is 1. The molecule has 2 aliphatic heterocycles. The van der Waals surface area contributed by atoms with Crippen LogP contribution in [0.15, 0.2) is 35.0 Å². The number of nitrogens with zero attached hydrogens (tertiary/aromatic N) is 4. The molecule has 3 aromatic rings. The van der Waals surface area contributed by atoms with Gasteiger partial charge in [0.1, 0.15) is 0 Å². The predicted octanol–water partition coefficient (Wildman–Crippen LogP) is 3.72. The van der Waals surface area contributed by atoms with Crippen LogP contribution in [0.5, 0.6) is 5.88 Å². The highest BCUT2D eigenvalue weighted by atomic mass is 16.7. The molecule has 1 aromatic carbocycles. The van der Waals surface area contributed by atoms with Crippen LogP contribution >= 0.6 is 0 Å². The van der Waals surface area contributed by atoms with Gasteiger partial charge in [0.2, 0.25) is 11.7 Å². The van der Waals surface area contributed by atoms with Crippen molar-refractivity contribution in [1.82, 2.24) is 20.0 Å². The monoisotopic (exact) mass is 479 g/mol. The number of hydrogen-bond donors (Lipinski definition) is 1. The molecule has 0 bridgehead atoms. The highest BCUT2D eigenvalue weighted by Gasteiger charge is 2.32. The largest absolute Gasteiger partial charge is 0.476 e. The lowest BCUT2D eigenvalue weighted by molar-refractivity contribution is -0.263. The summed E-state index contributed by atoms with van der Waals surface area (Å²) in [5.74, 6) is 0.855. The Morgan fingerprint density at radius 1 is 1.09 bits per heavy atom. The van der Waals surface area contributed by atoms with Gasteiger partial charge in [0.15, 0.2) is 5.79 Å². The van der Waals surface area contributed by atoms with Crippen LogP contribution in [0, 0.1) is 0 Å². The molecule has 4 heterocycles. The van der Waals surface area contributed by atoms with Crippen molar-refractivity contribution in [3.05, 3.63) is 41.6 Å². The average Bonchev–Trinajstić information content (AvgIpc) is 3.25. The van der Waals surface area contributed by atoms with Gasteiger partial charge in [0, 0.05) is 24.8 Å². The van der Waals surface area contributed by atoms with Crippen LogP contribution in [0.1, 0.15) is 38.3 Å². The van der Waals surface area contributed by atoms with Crippen LogP contribution in [-0.4, -0.2) is 64.8 Å². The summed E-state index contributed by atoms with van der Waals surface area (Å²) in [7, 11) is 0. The molecule has 2 aromatic heterocycles. The van der Waals surface area contributed by atoms with Crippen molar-refractivity contribution in [2.24, 2.45) is 0 Å². The SMILES string of the molecule is CCCOc1ncc(-c2nc(-c3ccc4c(c3)CCN(C3COC(C)(C)OC3)CC4)no2)cc1N. The topological polar surface area (TPSA) is 109 Å². The Balaban J connectivity index is 1.28. The van der Waals surface area contributed by atoms with Crippen molar-refractivity contribution in [3.8, 4) is 28.7 Å².